The molecule has 96 valence electrons. The number of rotatable bonds is 7. The molecule has 0 radical (unpaired) electrons. The number of nitrogens with zero attached hydrogens (tertiary/aromatic N) is 2. The normalized spacial score (nSPS) is 12.3. The van der Waals surface area contributed by atoms with Gasteiger partial charge in [0.25, 0.3) is 0 Å². The molecular weight excluding hydrogens is 202 g/mol. The number of guanidine groups is 1. The molecule has 0 aromatic heterocycles. The van der Waals surface area contributed by atoms with Crippen LogP contribution >= 0.6 is 0 Å². The molecule has 0 saturated carbocycles. The van der Waals surface area contributed by atoms with Gasteiger partial charge in [0.05, 0.1) is 0 Å². The maximum absolute atomic E-state index is 5.35. The van der Waals surface area contributed by atoms with Gasteiger partial charge in [-0.2, -0.15) is 0 Å². The summed E-state index contributed by atoms with van der Waals surface area (Å²) in [6.45, 7) is 9.26. The van der Waals surface area contributed by atoms with Crippen molar-refractivity contribution in [1.82, 2.24) is 15.6 Å². The van der Waals surface area contributed by atoms with Gasteiger partial charge in [-0.1, -0.05) is 6.92 Å². The van der Waals surface area contributed by atoms with Gasteiger partial charge in [-0.25, -0.2) is 5.84 Å². The lowest BCUT2D eigenvalue weighted by Crippen LogP contribution is -2.42. The van der Waals surface area contributed by atoms with Gasteiger partial charge in [0.1, 0.15) is 0 Å². The standard InChI is InChI=1S/C11H27N5/c1-5-7-13-11(15-12)14-8-6-9-16(4)10(2)3/h10H,5-9,12H2,1-4H3,(H2,13,14,15). The largest absolute Gasteiger partial charge is 0.355 e. The quantitative estimate of drug-likeness (QED) is 0.196. The maximum atomic E-state index is 5.35. The van der Waals surface area contributed by atoms with E-state index >= 15 is 0 Å². The summed E-state index contributed by atoms with van der Waals surface area (Å²) in [5.41, 5.74) is 2.57. The van der Waals surface area contributed by atoms with Gasteiger partial charge in [0.2, 0.25) is 5.96 Å². The van der Waals surface area contributed by atoms with Crippen molar-refractivity contribution < 1.29 is 0 Å². The van der Waals surface area contributed by atoms with Crippen LogP contribution in [0.3, 0.4) is 0 Å². The van der Waals surface area contributed by atoms with Crippen LogP contribution in [0.2, 0.25) is 0 Å². The van der Waals surface area contributed by atoms with Crippen LogP contribution in [0.5, 0.6) is 0 Å². The smallest absolute Gasteiger partial charge is 0.205 e. The highest BCUT2D eigenvalue weighted by Crippen LogP contribution is 1.93. The Labute approximate surface area is 99.5 Å². The summed E-state index contributed by atoms with van der Waals surface area (Å²) < 4.78 is 0. The lowest BCUT2D eigenvalue weighted by molar-refractivity contribution is 0.271. The molecule has 0 fully saturated rings. The maximum Gasteiger partial charge on any atom is 0.205 e. The number of nitrogens with one attached hydrogen (secondary N) is 2. The van der Waals surface area contributed by atoms with E-state index in [9.17, 15) is 0 Å². The average molecular weight is 229 g/mol. The summed E-state index contributed by atoms with van der Waals surface area (Å²) in [6, 6.07) is 0.598. The molecule has 0 aromatic rings. The second-order valence-corrected chi connectivity index (χ2v) is 4.23. The summed E-state index contributed by atoms with van der Waals surface area (Å²) in [6.07, 6.45) is 2.12. The van der Waals surface area contributed by atoms with Gasteiger partial charge in [-0.05, 0) is 40.3 Å². The van der Waals surface area contributed by atoms with E-state index in [1.165, 1.54) is 0 Å². The van der Waals surface area contributed by atoms with E-state index in [1.807, 2.05) is 0 Å². The number of hydrogen-bond acceptors (Lipinski definition) is 3. The van der Waals surface area contributed by atoms with Crippen molar-refractivity contribution >= 4 is 5.96 Å². The number of nitrogens with two attached hydrogens (primary N) is 1. The molecule has 5 nitrogen and oxygen atoms in total. The van der Waals surface area contributed by atoms with Crippen LogP contribution in [0.1, 0.15) is 33.6 Å². The Kier molecular flexibility index (Phi) is 8.94. The molecular formula is C11H27N5. The minimum absolute atomic E-state index is 0.598. The van der Waals surface area contributed by atoms with Crippen LogP contribution in [0.15, 0.2) is 4.99 Å². The molecule has 0 aliphatic rings. The Bertz CT molecular complexity index is 191. The predicted molar refractivity (Wildman–Crippen MR) is 70.3 cm³/mol. The van der Waals surface area contributed by atoms with E-state index in [1.54, 1.807) is 0 Å². The third-order valence-corrected chi connectivity index (χ3v) is 2.49. The van der Waals surface area contributed by atoms with Crippen molar-refractivity contribution in [2.75, 3.05) is 26.7 Å². The van der Waals surface area contributed by atoms with E-state index in [-0.39, 0.29) is 0 Å². The Morgan fingerprint density at radius 2 is 2.12 bits per heavy atom. The summed E-state index contributed by atoms with van der Waals surface area (Å²) in [7, 11) is 2.14. The van der Waals surface area contributed by atoms with Crippen molar-refractivity contribution in [3.63, 3.8) is 0 Å². The third-order valence-electron chi connectivity index (χ3n) is 2.49. The molecule has 5 heteroatoms. The van der Waals surface area contributed by atoms with Crippen molar-refractivity contribution in [1.29, 1.82) is 0 Å². The second-order valence-electron chi connectivity index (χ2n) is 4.23. The molecule has 16 heavy (non-hydrogen) atoms. The minimum Gasteiger partial charge on any atom is -0.355 e. The number of hydrazine groups is 1. The molecule has 0 aliphatic carbocycles. The highest BCUT2D eigenvalue weighted by Gasteiger charge is 2.02. The zero-order valence-electron chi connectivity index (χ0n) is 11.1. The highest BCUT2D eigenvalue weighted by molar-refractivity contribution is 5.79. The molecule has 0 heterocycles. The van der Waals surface area contributed by atoms with Crippen LogP contribution in [-0.2, 0) is 0 Å². The molecule has 0 aromatic carbocycles. The molecule has 4 N–H and O–H groups in total. The fourth-order valence-corrected chi connectivity index (χ4v) is 1.17. The third kappa shape index (κ3) is 7.48. The number of hydrogen-bond donors (Lipinski definition) is 3. The minimum atomic E-state index is 0.598. The van der Waals surface area contributed by atoms with E-state index in [2.05, 4.69) is 48.5 Å². The van der Waals surface area contributed by atoms with Gasteiger partial charge in [-0.15, -0.1) is 0 Å². The van der Waals surface area contributed by atoms with E-state index in [0.717, 1.165) is 32.5 Å². The van der Waals surface area contributed by atoms with Gasteiger partial charge in [0, 0.05) is 19.1 Å². The Morgan fingerprint density at radius 3 is 2.62 bits per heavy atom. The summed E-state index contributed by atoms with van der Waals surface area (Å²) >= 11 is 0. The van der Waals surface area contributed by atoms with Crippen LogP contribution in [0.25, 0.3) is 0 Å². The number of aliphatic imine (C=N–C) groups is 1. The van der Waals surface area contributed by atoms with Crippen LogP contribution in [0.4, 0.5) is 0 Å². The molecule has 0 bridgehead atoms. The van der Waals surface area contributed by atoms with E-state index in [4.69, 9.17) is 5.84 Å². The highest BCUT2D eigenvalue weighted by atomic mass is 15.3. The van der Waals surface area contributed by atoms with Crippen LogP contribution in [0, 0.1) is 0 Å². The van der Waals surface area contributed by atoms with Gasteiger partial charge < -0.3 is 10.2 Å². The zero-order chi connectivity index (χ0) is 12.4. The SMILES string of the molecule is CCCN=C(NN)NCCCN(C)C(C)C. The summed E-state index contributed by atoms with van der Waals surface area (Å²) in [4.78, 5) is 6.59. The fourth-order valence-electron chi connectivity index (χ4n) is 1.17. The molecule has 0 unspecified atom stereocenters. The molecule has 0 atom stereocenters. The van der Waals surface area contributed by atoms with Crippen molar-refractivity contribution in [3.05, 3.63) is 0 Å². The van der Waals surface area contributed by atoms with E-state index < -0.39 is 0 Å². The first kappa shape index (κ1) is 15.2. The first-order valence-electron chi connectivity index (χ1n) is 6.07. The van der Waals surface area contributed by atoms with E-state index in [0.29, 0.717) is 12.0 Å². The fraction of sp³-hybridized carbons (Fsp3) is 0.909. The second kappa shape index (κ2) is 9.42. The Hall–Kier alpha value is -0.810. The van der Waals surface area contributed by atoms with Gasteiger partial charge in [-0.3, -0.25) is 10.4 Å². The van der Waals surface area contributed by atoms with Crippen molar-refractivity contribution in [3.8, 4) is 0 Å². The molecule has 0 saturated heterocycles. The lowest BCUT2D eigenvalue weighted by atomic mass is 10.3. The van der Waals surface area contributed by atoms with Crippen LogP contribution in [-0.4, -0.2) is 43.6 Å². The lowest BCUT2D eigenvalue weighted by Gasteiger charge is -2.20. The Balaban J connectivity index is 3.63. The summed E-state index contributed by atoms with van der Waals surface area (Å²) in [5, 5.41) is 3.19. The summed E-state index contributed by atoms with van der Waals surface area (Å²) in [5.74, 6) is 6.04. The van der Waals surface area contributed by atoms with Crippen molar-refractivity contribution in [2.24, 2.45) is 10.8 Å². The average Bonchev–Trinajstić information content (AvgIpc) is 2.27. The zero-order valence-corrected chi connectivity index (χ0v) is 11.1. The molecule has 0 amide bonds. The molecule has 0 spiro atoms. The predicted octanol–water partition coefficient (Wildman–Crippen LogP) is 0.536. The first-order chi connectivity index (χ1) is 7.61. The molecule has 0 aliphatic heterocycles. The Morgan fingerprint density at radius 1 is 1.44 bits per heavy atom. The monoisotopic (exact) mass is 229 g/mol. The topological polar surface area (TPSA) is 65.7 Å². The van der Waals surface area contributed by atoms with Crippen LogP contribution < -0.4 is 16.6 Å². The molecule has 0 rings (SSSR count). The first-order valence-corrected chi connectivity index (χ1v) is 6.07. The van der Waals surface area contributed by atoms with Gasteiger partial charge in [0.15, 0.2) is 0 Å². The van der Waals surface area contributed by atoms with Gasteiger partial charge >= 0.3 is 0 Å². The van der Waals surface area contributed by atoms with Crippen molar-refractivity contribution in [2.45, 2.75) is 39.7 Å².